The molecule has 2 aromatic carbocycles. The molecule has 0 amide bonds. The van der Waals surface area contributed by atoms with Crippen LogP contribution in [0.2, 0.25) is 0 Å². The molecule has 0 aliphatic carbocycles. The molecule has 0 aliphatic rings. The van der Waals surface area contributed by atoms with Crippen molar-refractivity contribution in [1.29, 1.82) is 0 Å². The van der Waals surface area contributed by atoms with Crippen molar-refractivity contribution >= 4 is 6.29 Å². The van der Waals surface area contributed by atoms with Gasteiger partial charge in [0, 0.05) is 0 Å². The molecule has 0 radical (unpaired) electrons. The highest BCUT2D eigenvalue weighted by atomic mass is 16.3. The molecular weight excluding hydrogens is 252 g/mol. The average Bonchev–Trinajstić information content (AvgIpc) is 2.39. The number of aryl methyl sites for hydroxylation is 4. The Bertz CT molecular complexity index is 616. The van der Waals surface area contributed by atoms with Crippen LogP contribution in [0.25, 0.3) is 0 Å². The summed E-state index contributed by atoms with van der Waals surface area (Å²) in [6.45, 7) is 7.80. The summed E-state index contributed by atoms with van der Waals surface area (Å²) < 4.78 is 0. The number of benzene rings is 2. The topological polar surface area (TPSA) is 57.5 Å². The number of aromatic hydroxyl groups is 2. The molecule has 0 aliphatic heterocycles. The molecule has 0 saturated heterocycles. The molecule has 0 fully saturated rings. The molecule has 106 valence electrons. The standard InChI is InChI=1S/C9H10O2.C8H10O/c1-6-3-8(5-10)9(11)4-7(6)2;1-6-3-4-8(9)5-7(6)2/h3-5,11H,1-2H3;3-5,9H,1-2H3. The minimum Gasteiger partial charge on any atom is -0.508 e. The SMILES string of the molecule is Cc1cc(O)c(C=O)cc1C.Cc1ccc(O)cc1C. The maximum absolute atomic E-state index is 10.3. The lowest BCUT2D eigenvalue weighted by atomic mass is 10.1. The Morgan fingerprint density at radius 2 is 1.35 bits per heavy atom. The molecule has 0 atom stereocenters. The Balaban J connectivity index is 0.000000204. The van der Waals surface area contributed by atoms with Gasteiger partial charge in [-0.3, -0.25) is 4.79 Å². The van der Waals surface area contributed by atoms with E-state index >= 15 is 0 Å². The number of hydrogen-bond donors (Lipinski definition) is 2. The van der Waals surface area contributed by atoms with Crippen molar-refractivity contribution < 1.29 is 15.0 Å². The first-order valence-corrected chi connectivity index (χ1v) is 6.36. The Morgan fingerprint density at radius 1 is 0.800 bits per heavy atom. The van der Waals surface area contributed by atoms with Gasteiger partial charge in [-0.05, 0) is 74.2 Å². The number of carbonyl (C=O) groups excluding carboxylic acids is 1. The van der Waals surface area contributed by atoms with Crippen LogP contribution in [0.15, 0.2) is 30.3 Å². The molecule has 0 unspecified atom stereocenters. The highest BCUT2D eigenvalue weighted by Crippen LogP contribution is 2.19. The van der Waals surface area contributed by atoms with Gasteiger partial charge in [0.05, 0.1) is 5.56 Å². The van der Waals surface area contributed by atoms with Crippen LogP contribution in [0, 0.1) is 27.7 Å². The van der Waals surface area contributed by atoms with Crippen molar-refractivity contribution in [2.45, 2.75) is 27.7 Å². The third-order valence-electron chi connectivity index (χ3n) is 3.26. The van der Waals surface area contributed by atoms with Crippen molar-refractivity contribution in [3.8, 4) is 11.5 Å². The van der Waals surface area contributed by atoms with Gasteiger partial charge in [-0.2, -0.15) is 0 Å². The summed E-state index contributed by atoms with van der Waals surface area (Å²) in [5.74, 6) is 0.404. The van der Waals surface area contributed by atoms with Crippen LogP contribution in [0.1, 0.15) is 32.6 Å². The third-order valence-corrected chi connectivity index (χ3v) is 3.26. The molecule has 0 spiro atoms. The number of aldehydes is 1. The molecule has 2 N–H and O–H groups in total. The van der Waals surface area contributed by atoms with Crippen LogP contribution in [-0.2, 0) is 0 Å². The lowest BCUT2D eigenvalue weighted by Gasteiger charge is -2.02. The zero-order valence-corrected chi connectivity index (χ0v) is 12.3. The number of carbonyl (C=O) groups is 1. The van der Waals surface area contributed by atoms with Crippen LogP contribution in [0.5, 0.6) is 11.5 Å². The van der Waals surface area contributed by atoms with E-state index in [2.05, 4.69) is 0 Å². The van der Waals surface area contributed by atoms with E-state index in [4.69, 9.17) is 5.11 Å². The third kappa shape index (κ3) is 4.12. The highest BCUT2D eigenvalue weighted by molar-refractivity contribution is 5.79. The van der Waals surface area contributed by atoms with E-state index in [1.807, 2.05) is 33.8 Å². The van der Waals surface area contributed by atoms with Gasteiger partial charge < -0.3 is 10.2 Å². The highest BCUT2D eigenvalue weighted by Gasteiger charge is 2.01. The van der Waals surface area contributed by atoms with Crippen LogP contribution >= 0.6 is 0 Å². The minimum absolute atomic E-state index is 0.0584. The number of hydrogen-bond acceptors (Lipinski definition) is 3. The monoisotopic (exact) mass is 272 g/mol. The fourth-order valence-electron chi connectivity index (χ4n) is 1.64. The van der Waals surface area contributed by atoms with Gasteiger partial charge in [0.2, 0.25) is 0 Å². The zero-order chi connectivity index (χ0) is 15.3. The Morgan fingerprint density at radius 3 is 1.85 bits per heavy atom. The second-order valence-corrected chi connectivity index (χ2v) is 4.88. The maximum atomic E-state index is 10.3. The van der Waals surface area contributed by atoms with Crippen molar-refractivity contribution in [3.05, 3.63) is 58.1 Å². The van der Waals surface area contributed by atoms with Gasteiger partial charge >= 0.3 is 0 Å². The van der Waals surface area contributed by atoms with Crippen LogP contribution in [-0.4, -0.2) is 16.5 Å². The normalized spacial score (nSPS) is 9.60. The smallest absolute Gasteiger partial charge is 0.153 e. The number of phenolic OH excluding ortho intramolecular Hbond substituents is 2. The summed E-state index contributed by atoms with van der Waals surface area (Å²) in [6, 6.07) is 8.64. The quantitative estimate of drug-likeness (QED) is 0.776. The van der Waals surface area contributed by atoms with E-state index in [9.17, 15) is 9.90 Å². The first-order valence-electron chi connectivity index (χ1n) is 6.36. The van der Waals surface area contributed by atoms with E-state index in [1.54, 1.807) is 24.3 Å². The largest absolute Gasteiger partial charge is 0.508 e. The summed E-state index contributed by atoms with van der Waals surface area (Å²) in [6.07, 6.45) is 0.655. The van der Waals surface area contributed by atoms with Crippen molar-refractivity contribution in [3.63, 3.8) is 0 Å². The maximum Gasteiger partial charge on any atom is 0.153 e. The number of rotatable bonds is 1. The molecule has 0 heterocycles. The van der Waals surface area contributed by atoms with Crippen molar-refractivity contribution in [2.75, 3.05) is 0 Å². The molecule has 20 heavy (non-hydrogen) atoms. The molecule has 0 saturated carbocycles. The Kier molecular flexibility index (Phi) is 5.32. The van der Waals surface area contributed by atoms with E-state index < -0.39 is 0 Å². The lowest BCUT2D eigenvalue weighted by Crippen LogP contribution is -1.86. The molecule has 0 bridgehead atoms. The predicted octanol–water partition coefficient (Wildman–Crippen LogP) is 3.83. The second-order valence-electron chi connectivity index (χ2n) is 4.88. The van der Waals surface area contributed by atoms with Crippen molar-refractivity contribution in [1.82, 2.24) is 0 Å². The van der Waals surface area contributed by atoms with Crippen LogP contribution < -0.4 is 0 Å². The summed E-state index contributed by atoms with van der Waals surface area (Å²) >= 11 is 0. The van der Waals surface area contributed by atoms with Gasteiger partial charge in [0.1, 0.15) is 11.5 Å². The molecular formula is C17H20O3. The van der Waals surface area contributed by atoms with Crippen LogP contribution in [0.3, 0.4) is 0 Å². The van der Waals surface area contributed by atoms with Gasteiger partial charge in [-0.1, -0.05) is 6.07 Å². The van der Waals surface area contributed by atoms with Gasteiger partial charge in [-0.15, -0.1) is 0 Å². The van der Waals surface area contributed by atoms with Gasteiger partial charge in [-0.25, -0.2) is 0 Å². The fraction of sp³-hybridized carbons (Fsp3) is 0.235. The number of phenols is 2. The molecule has 3 heteroatoms. The molecule has 2 rings (SSSR count). The Labute approximate surface area is 119 Å². The second kappa shape index (κ2) is 6.75. The van der Waals surface area contributed by atoms with E-state index in [-0.39, 0.29) is 5.75 Å². The summed E-state index contributed by atoms with van der Waals surface area (Å²) in [4.78, 5) is 10.3. The lowest BCUT2D eigenvalue weighted by molar-refractivity contribution is 0.112. The van der Waals surface area contributed by atoms with Gasteiger partial charge in [0.25, 0.3) is 0 Å². The first kappa shape index (κ1) is 15.8. The molecule has 0 aromatic heterocycles. The molecule has 3 nitrogen and oxygen atoms in total. The van der Waals surface area contributed by atoms with E-state index in [0.717, 1.165) is 16.7 Å². The van der Waals surface area contributed by atoms with E-state index in [0.29, 0.717) is 17.6 Å². The summed E-state index contributed by atoms with van der Waals surface area (Å²) in [5.41, 5.74) is 4.72. The first-order chi connectivity index (χ1) is 9.35. The van der Waals surface area contributed by atoms with E-state index in [1.165, 1.54) is 5.56 Å². The Hall–Kier alpha value is -2.29. The zero-order valence-electron chi connectivity index (χ0n) is 12.3. The summed E-state index contributed by atoms with van der Waals surface area (Å²) in [5, 5.41) is 18.1. The van der Waals surface area contributed by atoms with Gasteiger partial charge in [0.15, 0.2) is 6.29 Å². The van der Waals surface area contributed by atoms with Crippen molar-refractivity contribution in [2.24, 2.45) is 0 Å². The minimum atomic E-state index is 0.0584. The fourth-order valence-corrected chi connectivity index (χ4v) is 1.64. The average molecular weight is 272 g/mol. The predicted molar refractivity (Wildman–Crippen MR) is 80.5 cm³/mol. The van der Waals surface area contributed by atoms with Crippen LogP contribution in [0.4, 0.5) is 0 Å². The molecule has 2 aromatic rings. The summed E-state index contributed by atoms with van der Waals surface area (Å²) in [7, 11) is 0.